The van der Waals surface area contributed by atoms with E-state index in [1.165, 1.54) is 41.6 Å². The maximum absolute atomic E-state index is 2.66. The van der Waals surface area contributed by atoms with Crippen molar-refractivity contribution in [1.82, 2.24) is 4.90 Å². The third kappa shape index (κ3) is 2.85. The first-order valence-corrected chi connectivity index (χ1v) is 8.29. The number of piperidine rings is 1. The van der Waals surface area contributed by atoms with E-state index in [1.807, 2.05) is 11.3 Å². The topological polar surface area (TPSA) is 3.24 Å². The molecule has 1 aliphatic rings. The lowest BCUT2D eigenvalue weighted by Crippen LogP contribution is -2.36. The lowest BCUT2D eigenvalue weighted by atomic mass is 9.88. The van der Waals surface area contributed by atoms with Crippen molar-refractivity contribution >= 4 is 21.4 Å². The minimum atomic E-state index is 0.821. The van der Waals surface area contributed by atoms with Gasteiger partial charge in [-0.1, -0.05) is 32.0 Å². The molecule has 0 saturated carbocycles. The second-order valence-corrected chi connectivity index (χ2v) is 7.05. The van der Waals surface area contributed by atoms with Crippen LogP contribution in [-0.2, 0) is 6.54 Å². The van der Waals surface area contributed by atoms with Crippen LogP contribution < -0.4 is 0 Å². The van der Waals surface area contributed by atoms with E-state index in [-0.39, 0.29) is 0 Å². The molecule has 0 radical (unpaired) electrons. The molecule has 1 aromatic carbocycles. The fourth-order valence-corrected chi connectivity index (χ4v) is 4.13. The zero-order chi connectivity index (χ0) is 13.2. The number of rotatable bonds is 3. The molecule has 1 fully saturated rings. The maximum atomic E-state index is 2.66. The fraction of sp³-hybridized carbons (Fsp3) is 0.529. The van der Waals surface area contributed by atoms with Crippen LogP contribution in [0.2, 0.25) is 0 Å². The van der Waals surface area contributed by atoms with Gasteiger partial charge in [0, 0.05) is 17.8 Å². The number of hydrogen-bond donors (Lipinski definition) is 0. The zero-order valence-electron chi connectivity index (χ0n) is 11.9. The van der Waals surface area contributed by atoms with Crippen molar-refractivity contribution in [3.05, 3.63) is 35.2 Å². The van der Waals surface area contributed by atoms with Gasteiger partial charge in [0.2, 0.25) is 0 Å². The Bertz CT molecular complexity index is 543. The molecular weight excluding hydrogens is 250 g/mol. The average Bonchev–Trinajstić information content (AvgIpc) is 2.83. The van der Waals surface area contributed by atoms with E-state index in [2.05, 4.69) is 48.4 Å². The van der Waals surface area contributed by atoms with Crippen LogP contribution >= 0.6 is 11.3 Å². The quantitative estimate of drug-likeness (QED) is 0.778. The van der Waals surface area contributed by atoms with E-state index in [4.69, 9.17) is 0 Å². The summed E-state index contributed by atoms with van der Waals surface area (Å²) in [5, 5.41) is 3.81. The molecule has 1 atom stereocenters. The van der Waals surface area contributed by atoms with Gasteiger partial charge in [0.1, 0.15) is 0 Å². The van der Waals surface area contributed by atoms with Crippen molar-refractivity contribution in [3.8, 4) is 0 Å². The number of benzene rings is 1. The van der Waals surface area contributed by atoms with Gasteiger partial charge in [-0.05, 0) is 53.6 Å². The van der Waals surface area contributed by atoms with Gasteiger partial charge in [0.25, 0.3) is 0 Å². The van der Waals surface area contributed by atoms with Crippen molar-refractivity contribution in [2.75, 3.05) is 13.1 Å². The summed E-state index contributed by atoms with van der Waals surface area (Å²) in [6, 6.07) is 8.80. The molecule has 1 saturated heterocycles. The van der Waals surface area contributed by atoms with Crippen molar-refractivity contribution in [1.29, 1.82) is 0 Å². The molecular formula is C17H23NS. The summed E-state index contributed by atoms with van der Waals surface area (Å²) in [6.45, 7) is 8.42. The van der Waals surface area contributed by atoms with Crippen molar-refractivity contribution in [3.63, 3.8) is 0 Å². The number of nitrogens with zero attached hydrogens (tertiary/aromatic N) is 1. The molecule has 0 aliphatic carbocycles. The van der Waals surface area contributed by atoms with Crippen molar-refractivity contribution in [2.24, 2.45) is 11.8 Å². The minimum Gasteiger partial charge on any atom is -0.299 e. The summed E-state index contributed by atoms with van der Waals surface area (Å²) in [6.07, 6.45) is 2.78. The molecule has 0 amide bonds. The van der Waals surface area contributed by atoms with Gasteiger partial charge in [-0.25, -0.2) is 0 Å². The van der Waals surface area contributed by atoms with Crippen LogP contribution in [0.4, 0.5) is 0 Å². The van der Waals surface area contributed by atoms with Gasteiger partial charge in [0.15, 0.2) is 0 Å². The van der Waals surface area contributed by atoms with Crippen LogP contribution in [0.3, 0.4) is 0 Å². The smallest absolute Gasteiger partial charge is 0.0346 e. The van der Waals surface area contributed by atoms with E-state index < -0.39 is 0 Å². The van der Waals surface area contributed by atoms with E-state index in [9.17, 15) is 0 Å². The molecule has 1 aromatic heterocycles. The molecule has 0 N–H and O–H groups in total. The molecule has 3 rings (SSSR count). The fourth-order valence-electron chi connectivity index (χ4n) is 3.18. The van der Waals surface area contributed by atoms with Gasteiger partial charge in [0.05, 0.1) is 0 Å². The molecule has 2 heterocycles. The average molecular weight is 273 g/mol. The Kier molecular flexibility index (Phi) is 3.90. The highest BCUT2D eigenvalue weighted by Crippen LogP contribution is 2.29. The highest BCUT2D eigenvalue weighted by atomic mass is 32.1. The van der Waals surface area contributed by atoms with Crippen LogP contribution in [0, 0.1) is 11.8 Å². The lowest BCUT2D eigenvalue weighted by Gasteiger charge is -2.34. The molecule has 1 aliphatic heterocycles. The Morgan fingerprint density at radius 1 is 1.32 bits per heavy atom. The van der Waals surface area contributed by atoms with E-state index in [1.54, 1.807) is 0 Å². The summed E-state index contributed by atoms with van der Waals surface area (Å²) in [7, 11) is 0. The first-order chi connectivity index (χ1) is 9.24. The molecule has 0 spiro atoms. The third-order valence-corrected chi connectivity index (χ3v) is 5.45. The number of hydrogen-bond acceptors (Lipinski definition) is 2. The largest absolute Gasteiger partial charge is 0.299 e. The summed E-state index contributed by atoms with van der Waals surface area (Å²) >= 11 is 1.88. The van der Waals surface area contributed by atoms with Gasteiger partial charge in [-0.3, -0.25) is 4.90 Å². The monoisotopic (exact) mass is 273 g/mol. The summed E-state index contributed by atoms with van der Waals surface area (Å²) in [5.74, 6) is 1.71. The van der Waals surface area contributed by atoms with Gasteiger partial charge >= 0.3 is 0 Å². The molecule has 0 bridgehead atoms. The Balaban J connectivity index is 1.74. The number of likely N-dealkylation sites (tertiary alicyclic amines) is 1. The predicted octanol–water partition coefficient (Wildman–Crippen LogP) is 4.77. The highest BCUT2D eigenvalue weighted by Gasteiger charge is 2.22. The summed E-state index contributed by atoms with van der Waals surface area (Å²) < 4.78 is 1.43. The van der Waals surface area contributed by atoms with E-state index in [0.29, 0.717) is 0 Å². The second-order valence-electron chi connectivity index (χ2n) is 6.14. The highest BCUT2D eigenvalue weighted by molar-refractivity contribution is 7.17. The van der Waals surface area contributed by atoms with Gasteiger partial charge in [-0.2, -0.15) is 0 Å². The molecule has 19 heavy (non-hydrogen) atoms. The van der Waals surface area contributed by atoms with Crippen molar-refractivity contribution in [2.45, 2.75) is 33.2 Å². The van der Waals surface area contributed by atoms with Crippen LogP contribution in [-0.4, -0.2) is 18.0 Å². The molecule has 102 valence electrons. The van der Waals surface area contributed by atoms with Crippen LogP contribution in [0.5, 0.6) is 0 Å². The molecule has 2 heteroatoms. The van der Waals surface area contributed by atoms with E-state index in [0.717, 1.165) is 18.4 Å². The first-order valence-electron chi connectivity index (χ1n) is 7.41. The predicted molar refractivity (Wildman–Crippen MR) is 84.7 cm³/mol. The lowest BCUT2D eigenvalue weighted by molar-refractivity contribution is 0.140. The van der Waals surface area contributed by atoms with Crippen LogP contribution in [0.15, 0.2) is 29.6 Å². The summed E-state index contributed by atoms with van der Waals surface area (Å²) in [5.41, 5.74) is 1.52. The Morgan fingerprint density at radius 2 is 2.16 bits per heavy atom. The second kappa shape index (κ2) is 5.64. The minimum absolute atomic E-state index is 0.821. The Morgan fingerprint density at radius 3 is 3.00 bits per heavy atom. The number of fused-ring (bicyclic) bond motifs is 1. The van der Waals surface area contributed by atoms with Crippen LogP contribution in [0.25, 0.3) is 10.1 Å². The molecule has 1 nitrogen and oxygen atoms in total. The zero-order valence-corrected chi connectivity index (χ0v) is 12.7. The number of thiophene rings is 1. The van der Waals surface area contributed by atoms with Crippen molar-refractivity contribution < 1.29 is 0 Å². The standard InChI is InChI=1S/C17H23NS/c1-13(2)14-6-5-9-18(10-14)11-15-12-19-17-8-4-3-7-16(15)17/h3-4,7-8,12-14H,5-6,9-11H2,1-2H3/t14-/m1/s1. The van der Waals surface area contributed by atoms with E-state index >= 15 is 0 Å². The summed E-state index contributed by atoms with van der Waals surface area (Å²) in [4.78, 5) is 2.66. The third-order valence-electron chi connectivity index (χ3n) is 4.44. The first kappa shape index (κ1) is 13.1. The maximum Gasteiger partial charge on any atom is 0.0346 e. The van der Waals surface area contributed by atoms with Gasteiger partial charge in [-0.15, -0.1) is 11.3 Å². The molecule has 0 unspecified atom stereocenters. The Hall–Kier alpha value is -0.860. The van der Waals surface area contributed by atoms with Crippen LogP contribution in [0.1, 0.15) is 32.3 Å². The SMILES string of the molecule is CC(C)[C@@H]1CCCN(Cc2csc3ccccc23)C1. The molecule has 2 aromatic rings. The normalized spacial score (nSPS) is 21.3. The Labute approximate surface area is 120 Å². The van der Waals surface area contributed by atoms with Gasteiger partial charge < -0.3 is 0 Å².